The van der Waals surface area contributed by atoms with Crippen LogP contribution in [0.5, 0.6) is 5.75 Å². The maximum absolute atomic E-state index is 11.9. The van der Waals surface area contributed by atoms with Crippen LogP contribution < -0.4 is 15.8 Å². The third-order valence-electron chi connectivity index (χ3n) is 2.74. The Kier molecular flexibility index (Phi) is 6.43. The number of benzene rings is 1. The molecule has 0 saturated carbocycles. The van der Waals surface area contributed by atoms with Crippen LogP contribution in [0, 0.1) is 0 Å². The van der Waals surface area contributed by atoms with E-state index in [-0.39, 0.29) is 11.8 Å². The van der Waals surface area contributed by atoms with Gasteiger partial charge in [-0.2, -0.15) is 0 Å². The number of hydrogen-bond donors (Lipinski definition) is 2. The predicted molar refractivity (Wildman–Crippen MR) is 73.0 cm³/mol. The third kappa shape index (κ3) is 5.42. The van der Waals surface area contributed by atoms with Crippen molar-refractivity contribution < 1.29 is 14.3 Å². The summed E-state index contributed by atoms with van der Waals surface area (Å²) in [5.41, 5.74) is 5.57. The van der Waals surface area contributed by atoms with Gasteiger partial charge < -0.3 is 15.8 Å². The van der Waals surface area contributed by atoms with E-state index >= 15 is 0 Å². The van der Waals surface area contributed by atoms with Gasteiger partial charge in [0.25, 0.3) is 5.91 Å². The van der Waals surface area contributed by atoms with Gasteiger partial charge in [0.1, 0.15) is 5.75 Å². The molecule has 1 aromatic carbocycles. The van der Waals surface area contributed by atoms with Crippen LogP contribution in [0.15, 0.2) is 24.3 Å². The van der Waals surface area contributed by atoms with Gasteiger partial charge in [-0.25, -0.2) is 0 Å². The van der Waals surface area contributed by atoms with Crippen LogP contribution >= 0.6 is 0 Å². The van der Waals surface area contributed by atoms with E-state index in [1.807, 2.05) is 6.07 Å². The molecular formula is C14H20N2O3. The molecular weight excluding hydrogens is 244 g/mol. The summed E-state index contributed by atoms with van der Waals surface area (Å²) in [5, 5.41) is 2.83. The number of ether oxygens (including phenoxy) is 1. The highest BCUT2D eigenvalue weighted by Gasteiger charge is 2.10. The van der Waals surface area contributed by atoms with Crippen LogP contribution in [0.2, 0.25) is 0 Å². The van der Waals surface area contributed by atoms with Crippen molar-refractivity contribution in [3.8, 4) is 5.75 Å². The third-order valence-corrected chi connectivity index (χ3v) is 2.74. The second-order valence-corrected chi connectivity index (χ2v) is 4.23. The first-order chi connectivity index (χ1) is 9.15. The molecule has 2 amide bonds. The monoisotopic (exact) mass is 264 g/mol. The second-order valence-electron chi connectivity index (χ2n) is 4.23. The zero-order chi connectivity index (χ0) is 14.1. The van der Waals surface area contributed by atoms with Crippen molar-refractivity contribution in [1.29, 1.82) is 0 Å². The zero-order valence-electron chi connectivity index (χ0n) is 11.1. The lowest BCUT2D eigenvalue weighted by Crippen LogP contribution is -2.24. The van der Waals surface area contributed by atoms with Crippen LogP contribution in [0.4, 0.5) is 0 Å². The molecule has 0 aromatic heterocycles. The first kappa shape index (κ1) is 15.0. The number of amides is 2. The molecule has 0 aliphatic rings. The van der Waals surface area contributed by atoms with Crippen LogP contribution in [0.1, 0.15) is 36.0 Å². The Labute approximate surface area is 113 Å². The number of para-hydroxylation sites is 1. The Hall–Kier alpha value is -2.04. The highest BCUT2D eigenvalue weighted by Crippen LogP contribution is 2.16. The summed E-state index contributed by atoms with van der Waals surface area (Å²) < 4.78 is 5.13. The summed E-state index contributed by atoms with van der Waals surface area (Å²) >= 11 is 0. The molecule has 0 aliphatic heterocycles. The van der Waals surface area contributed by atoms with Gasteiger partial charge in [0, 0.05) is 13.0 Å². The highest BCUT2D eigenvalue weighted by atomic mass is 16.5. The van der Waals surface area contributed by atoms with E-state index in [4.69, 9.17) is 10.5 Å². The second kappa shape index (κ2) is 8.13. The van der Waals surface area contributed by atoms with E-state index in [1.165, 1.54) is 7.11 Å². The molecule has 19 heavy (non-hydrogen) atoms. The smallest absolute Gasteiger partial charge is 0.255 e. The molecule has 1 aromatic rings. The Bertz CT molecular complexity index is 432. The summed E-state index contributed by atoms with van der Waals surface area (Å²) in [6, 6.07) is 7.09. The number of hydrogen-bond acceptors (Lipinski definition) is 3. The van der Waals surface area contributed by atoms with Crippen molar-refractivity contribution in [3.05, 3.63) is 29.8 Å². The van der Waals surface area contributed by atoms with E-state index in [0.29, 0.717) is 24.3 Å². The van der Waals surface area contributed by atoms with E-state index in [1.54, 1.807) is 18.2 Å². The molecule has 0 fully saturated rings. The lowest BCUT2D eigenvalue weighted by Gasteiger charge is -2.08. The van der Waals surface area contributed by atoms with Gasteiger partial charge in [-0.3, -0.25) is 9.59 Å². The number of carbonyl (C=O) groups is 2. The quantitative estimate of drug-likeness (QED) is 0.698. The average molecular weight is 264 g/mol. The van der Waals surface area contributed by atoms with Gasteiger partial charge in [0.05, 0.1) is 12.7 Å². The van der Waals surface area contributed by atoms with Crippen molar-refractivity contribution in [2.24, 2.45) is 5.73 Å². The highest BCUT2D eigenvalue weighted by molar-refractivity contribution is 5.96. The molecule has 0 aliphatic carbocycles. The topological polar surface area (TPSA) is 81.4 Å². The van der Waals surface area contributed by atoms with Gasteiger partial charge >= 0.3 is 0 Å². The molecule has 5 heteroatoms. The van der Waals surface area contributed by atoms with Crippen molar-refractivity contribution >= 4 is 11.8 Å². The zero-order valence-corrected chi connectivity index (χ0v) is 11.1. The van der Waals surface area contributed by atoms with Crippen LogP contribution in [0.3, 0.4) is 0 Å². The van der Waals surface area contributed by atoms with Crippen LogP contribution in [0.25, 0.3) is 0 Å². The SMILES string of the molecule is COc1ccccc1C(=O)NCCCCCC(N)=O. The Morgan fingerprint density at radius 2 is 1.95 bits per heavy atom. The van der Waals surface area contributed by atoms with Gasteiger partial charge in [-0.15, -0.1) is 0 Å². The van der Waals surface area contributed by atoms with Crippen molar-refractivity contribution in [2.45, 2.75) is 25.7 Å². The van der Waals surface area contributed by atoms with Crippen LogP contribution in [-0.2, 0) is 4.79 Å². The average Bonchev–Trinajstić information content (AvgIpc) is 2.42. The number of nitrogens with two attached hydrogens (primary N) is 1. The molecule has 5 nitrogen and oxygen atoms in total. The summed E-state index contributed by atoms with van der Waals surface area (Å²) in [4.78, 5) is 22.4. The molecule has 0 unspecified atom stereocenters. The van der Waals surface area contributed by atoms with Gasteiger partial charge in [0.2, 0.25) is 5.91 Å². The predicted octanol–water partition coefficient (Wildman–Crippen LogP) is 1.47. The number of primary amides is 1. The van der Waals surface area contributed by atoms with E-state index < -0.39 is 0 Å². The lowest BCUT2D eigenvalue weighted by atomic mass is 10.1. The lowest BCUT2D eigenvalue weighted by molar-refractivity contribution is -0.118. The molecule has 0 atom stereocenters. The van der Waals surface area contributed by atoms with Crippen molar-refractivity contribution in [1.82, 2.24) is 5.32 Å². The minimum Gasteiger partial charge on any atom is -0.496 e. The van der Waals surface area contributed by atoms with Gasteiger partial charge in [0.15, 0.2) is 0 Å². The summed E-state index contributed by atoms with van der Waals surface area (Å²) in [6.07, 6.45) is 2.86. The van der Waals surface area contributed by atoms with Gasteiger partial charge in [-0.05, 0) is 25.0 Å². The minimum absolute atomic E-state index is 0.146. The maximum atomic E-state index is 11.9. The molecule has 0 saturated heterocycles. The number of unbranched alkanes of at least 4 members (excludes halogenated alkanes) is 2. The van der Waals surface area contributed by atoms with Crippen molar-refractivity contribution in [3.63, 3.8) is 0 Å². The van der Waals surface area contributed by atoms with Gasteiger partial charge in [-0.1, -0.05) is 18.6 Å². The minimum atomic E-state index is -0.280. The Morgan fingerprint density at radius 3 is 2.63 bits per heavy atom. The summed E-state index contributed by atoms with van der Waals surface area (Å²) in [5.74, 6) is 0.138. The van der Waals surface area contributed by atoms with Crippen LogP contribution in [-0.4, -0.2) is 25.5 Å². The molecule has 0 bridgehead atoms. The first-order valence-corrected chi connectivity index (χ1v) is 6.34. The normalized spacial score (nSPS) is 9.95. The fourth-order valence-corrected chi connectivity index (χ4v) is 1.73. The van der Waals surface area contributed by atoms with Crippen molar-refractivity contribution in [2.75, 3.05) is 13.7 Å². The number of carbonyl (C=O) groups excluding carboxylic acids is 2. The molecule has 0 heterocycles. The maximum Gasteiger partial charge on any atom is 0.255 e. The molecule has 3 N–H and O–H groups in total. The fraction of sp³-hybridized carbons (Fsp3) is 0.429. The number of rotatable bonds is 8. The first-order valence-electron chi connectivity index (χ1n) is 6.34. The van der Waals surface area contributed by atoms with E-state index in [9.17, 15) is 9.59 Å². The molecule has 104 valence electrons. The van der Waals surface area contributed by atoms with E-state index in [2.05, 4.69) is 5.32 Å². The summed E-state index contributed by atoms with van der Waals surface area (Å²) in [6.45, 7) is 0.579. The fourth-order valence-electron chi connectivity index (χ4n) is 1.73. The molecule has 0 radical (unpaired) electrons. The summed E-state index contributed by atoms with van der Waals surface area (Å²) in [7, 11) is 1.54. The number of nitrogens with one attached hydrogen (secondary N) is 1. The molecule has 0 spiro atoms. The standard InChI is InChI=1S/C14H20N2O3/c1-19-12-8-5-4-7-11(12)14(18)16-10-6-2-3-9-13(15)17/h4-5,7-8H,2-3,6,9-10H2,1H3,(H2,15,17)(H,16,18). The Balaban J connectivity index is 2.29. The molecule has 1 rings (SSSR count). The Morgan fingerprint density at radius 1 is 1.21 bits per heavy atom. The van der Waals surface area contributed by atoms with E-state index in [0.717, 1.165) is 19.3 Å². The number of methoxy groups -OCH3 is 1. The largest absolute Gasteiger partial charge is 0.496 e.